The first kappa shape index (κ1) is 16.6. The van der Waals surface area contributed by atoms with Gasteiger partial charge in [-0.3, -0.25) is 0 Å². The smallest absolute Gasteiger partial charge is 0.0831 e. The molecule has 1 aromatic rings. The van der Waals surface area contributed by atoms with Crippen LogP contribution in [0.3, 0.4) is 0 Å². The second-order valence-corrected chi connectivity index (χ2v) is 8.08. The molecule has 0 aliphatic carbocycles. The van der Waals surface area contributed by atoms with E-state index in [-0.39, 0.29) is 12.1 Å². The Hall–Kier alpha value is -0.470. The molecule has 3 nitrogen and oxygen atoms in total. The van der Waals surface area contributed by atoms with Gasteiger partial charge in [-0.05, 0) is 33.7 Å². The standard InChI is InChI=1S/C15H27N3P/c1-12(2)16-19(17-13(3)4,18-14(5)6)15-10-8-7-9-11-15/h7-14,16H,1-6H3/q-1. The van der Waals surface area contributed by atoms with Crippen LogP contribution in [0, 0.1) is 0 Å². The topological polar surface area (TPSA) is 40.2 Å². The molecule has 0 amide bonds. The van der Waals surface area contributed by atoms with Crippen molar-refractivity contribution in [3.63, 3.8) is 0 Å². The minimum absolute atomic E-state index is 0.266. The van der Waals surface area contributed by atoms with Crippen molar-refractivity contribution in [3.8, 4) is 0 Å². The molecule has 1 N–H and O–H groups in total. The van der Waals surface area contributed by atoms with E-state index in [2.05, 4.69) is 70.9 Å². The molecule has 0 saturated carbocycles. The fraction of sp³-hybridized carbons (Fsp3) is 0.600. The van der Waals surface area contributed by atoms with Gasteiger partial charge in [-0.1, -0.05) is 45.9 Å². The van der Waals surface area contributed by atoms with Crippen LogP contribution < -0.4 is 10.4 Å². The van der Waals surface area contributed by atoms with Gasteiger partial charge in [0.1, 0.15) is 0 Å². The lowest BCUT2D eigenvalue weighted by Gasteiger charge is -2.53. The maximum absolute atomic E-state index is 4.99. The summed E-state index contributed by atoms with van der Waals surface area (Å²) in [6, 6.07) is 11.3. The molecule has 0 aliphatic rings. The van der Waals surface area contributed by atoms with Gasteiger partial charge in [0.2, 0.25) is 0 Å². The normalized spacial score (nSPS) is 12.7. The van der Waals surface area contributed by atoms with Crippen LogP contribution in [0.4, 0.5) is 0 Å². The predicted octanol–water partition coefficient (Wildman–Crippen LogP) is 4.64. The average Bonchev–Trinajstić information content (AvgIpc) is 2.27. The van der Waals surface area contributed by atoms with Gasteiger partial charge in [-0.25, -0.2) is 5.09 Å². The predicted molar refractivity (Wildman–Crippen MR) is 88.3 cm³/mol. The molecular formula is C15H27N3P-. The van der Waals surface area contributed by atoms with E-state index in [9.17, 15) is 0 Å². The van der Waals surface area contributed by atoms with E-state index in [1.165, 1.54) is 5.30 Å². The quantitative estimate of drug-likeness (QED) is 0.726. The number of nitrogens with one attached hydrogen (secondary N) is 1. The van der Waals surface area contributed by atoms with Crippen LogP contribution in [-0.4, -0.2) is 18.1 Å². The van der Waals surface area contributed by atoms with Gasteiger partial charge in [-0.2, -0.15) is 0 Å². The molecule has 0 aliphatic heterocycles. The Labute approximate surface area is 119 Å². The Morgan fingerprint density at radius 3 is 1.68 bits per heavy atom. The molecule has 0 aromatic heterocycles. The van der Waals surface area contributed by atoms with Crippen LogP contribution >= 0.6 is 7.71 Å². The first-order valence-corrected chi connectivity index (χ1v) is 8.72. The SMILES string of the molecule is CC(C)[N-][P+]([N-]C(C)C)(NC(C)C)c1ccccc1. The summed E-state index contributed by atoms with van der Waals surface area (Å²) in [6.45, 7) is 12.8. The fourth-order valence-corrected chi connectivity index (χ4v) is 5.22. The van der Waals surface area contributed by atoms with Crippen LogP contribution in [0.5, 0.6) is 0 Å². The number of hydrogen-bond donors (Lipinski definition) is 1. The van der Waals surface area contributed by atoms with Gasteiger partial charge in [0, 0.05) is 6.04 Å². The largest absolute Gasteiger partial charge is 0.480 e. The highest BCUT2D eigenvalue weighted by atomic mass is 31.2. The van der Waals surface area contributed by atoms with Crippen molar-refractivity contribution >= 4 is 13.0 Å². The molecule has 0 saturated heterocycles. The number of rotatable bonds is 7. The molecule has 0 spiro atoms. The lowest BCUT2D eigenvalue weighted by molar-refractivity contribution is 0.753. The Morgan fingerprint density at radius 1 is 0.842 bits per heavy atom. The molecule has 108 valence electrons. The van der Waals surface area contributed by atoms with E-state index in [1.807, 2.05) is 6.07 Å². The highest BCUT2D eigenvalue weighted by molar-refractivity contribution is 7.86. The van der Waals surface area contributed by atoms with Gasteiger partial charge in [0.05, 0.1) is 5.30 Å². The molecule has 19 heavy (non-hydrogen) atoms. The van der Waals surface area contributed by atoms with Gasteiger partial charge in [-0.15, -0.1) is 12.1 Å². The van der Waals surface area contributed by atoms with Gasteiger partial charge < -0.3 is 10.2 Å². The monoisotopic (exact) mass is 280 g/mol. The summed E-state index contributed by atoms with van der Waals surface area (Å²) in [7, 11) is -2.02. The summed E-state index contributed by atoms with van der Waals surface area (Å²) < 4.78 is 0. The lowest BCUT2D eigenvalue weighted by atomic mass is 10.4. The maximum atomic E-state index is 4.99. The summed E-state index contributed by atoms with van der Waals surface area (Å²) in [5.41, 5.74) is 0. The first-order chi connectivity index (χ1) is 8.85. The number of benzene rings is 1. The molecule has 0 unspecified atom stereocenters. The van der Waals surface area contributed by atoms with Gasteiger partial charge >= 0.3 is 0 Å². The van der Waals surface area contributed by atoms with Crippen LogP contribution in [0.2, 0.25) is 0 Å². The molecule has 0 fully saturated rings. The third kappa shape index (κ3) is 5.19. The molecule has 1 aromatic carbocycles. The van der Waals surface area contributed by atoms with Crippen LogP contribution in [0.25, 0.3) is 10.2 Å². The lowest BCUT2D eigenvalue weighted by Crippen LogP contribution is -2.31. The van der Waals surface area contributed by atoms with Crippen molar-refractivity contribution in [2.24, 2.45) is 0 Å². The fourth-order valence-electron chi connectivity index (χ4n) is 1.97. The van der Waals surface area contributed by atoms with Crippen molar-refractivity contribution in [2.75, 3.05) is 0 Å². The van der Waals surface area contributed by atoms with Crippen molar-refractivity contribution in [1.29, 1.82) is 0 Å². The highest BCUT2D eigenvalue weighted by Gasteiger charge is 2.24. The molecule has 0 atom stereocenters. The Bertz CT molecular complexity index is 336. The zero-order valence-corrected chi connectivity index (χ0v) is 13.9. The minimum atomic E-state index is -2.02. The highest BCUT2D eigenvalue weighted by Crippen LogP contribution is 2.66. The summed E-state index contributed by atoms with van der Waals surface area (Å²) in [4.78, 5) is 0. The minimum Gasteiger partial charge on any atom is -0.480 e. The third-order valence-corrected chi connectivity index (χ3v) is 5.84. The van der Waals surface area contributed by atoms with Crippen LogP contribution in [0.1, 0.15) is 41.5 Å². The Morgan fingerprint density at radius 2 is 1.32 bits per heavy atom. The van der Waals surface area contributed by atoms with Crippen molar-refractivity contribution in [3.05, 3.63) is 40.5 Å². The van der Waals surface area contributed by atoms with E-state index in [0.29, 0.717) is 6.04 Å². The molecule has 0 radical (unpaired) electrons. The summed E-state index contributed by atoms with van der Waals surface area (Å²) in [5.74, 6) is 0. The molecule has 4 heteroatoms. The van der Waals surface area contributed by atoms with E-state index in [4.69, 9.17) is 10.2 Å². The Kier molecular flexibility index (Phi) is 6.41. The van der Waals surface area contributed by atoms with Gasteiger partial charge in [0.15, 0.2) is 0 Å². The molecule has 0 heterocycles. The van der Waals surface area contributed by atoms with E-state index < -0.39 is 7.71 Å². The van der Waals surface area contributed by atoms with Crippen LogP contribution in [-0.2, 0) is 0 Å². The average molecular weight is 280 g/mol. The third-order valence-electron chi connectivity index (χ3n) is 2.35. The van der Waals surface area contributed by atoms with Crippen molar-refractivity contribution in [1.82, 2.24) is 5.09 Å². The summed E-state index contributed by atoms with van der Waals surface area (Å²) in [6.07, 6.45) is 0. The van der Waals surface area contributed by atoms with E-state index >= 15 is 0 Å². The zero-order chi connectivity index (χ0) is 14.5. The molecular weight excluding hydrogens is 253 g/mol. The van der Waals surface area contributed by atoms with Crippen molar-refractivity contribution < 1.29 is 0 Å². The second kappa shape index (κ2) is 7.35. The van der Waals surface area contributed by atoms with Crippen LogP contribution in [0.15, 0.2) is 30.3 Å². The zero-order valence-electron chi connectivity index (χ0n) is 13.0. The molecule has 1 rings (SSSR count). The number of hydrogen-bond acceptors (Lipinski definition) is 1. The molecule has 0 bridgehead atoms. The Balaban J connectivity index is 3.16. The van der Waals surface area contributed by atoms with E-state index in [0.717, 1.165) is 0 Å². The summed E-state index contributed by atoms with van der Waals surface area (Å²) >= 11 is 0. The maximum Gasteiger partial charge on any atom is 0.0831 e. The summed E-state index contributed by atoms with van der Waals surface area (Å²) in [5, 5.41) is 14.8. The number of nitrogens with zero attached hydrogens (tertiary/aromatic N) is 2. The van der Waals surface area contributed by atoms with Gasteiger partial charge in [0.25, 0.3) is 0 Å². The van der Waals surface area contributed by atoms with Crippen molar-refractivity contribution in [2.45, 2.75) is 59.7 Å². The van der Waals surface area contributed by atoms with E-state index in [1.54, 1.807) is 0 Å². The first-order valence-electron chi connectivity index (χ1n) is 7.03. The second-order valence-electron chi connectivity index (χ2n) is 5.64.